The molecule has 0 amide bonds. The monoisotopic (exact) mass is 225 g/mol. The minimum atomic E-state index is -0.0907. The van der Waals surface area contributed by atoms with E-state index in [2.05, 4.69) is 15.3 Å². The van der Waals surface area contributed by atoms with E-state index in [1.807, 2.05) is 23.9 Å². The number of hydrogen-bond donors (Lipinski definition) is 0. The van der Waals surface area contributed by atoms with Crippen LogP contribution in [0, 0.1) is 0 Å². The number of hydrogen-bond acceptors (Lipinski definition) is 3. The normalized spacial score (nSPS) is 12.9. The molecule has 0 N–H and O–H groups in total. The Morgan fingerprint density at radius 3 is 2.93 bits per heavy atom. The Hall–Kier alpha value is -1.36. The molecular weight excluding hydrogens is 214 g/mol. The number of aromatic nitrogens is 5. The van der Waals surface area contributed by atoms with Gasteiger partial charge in [0, 0.05) is 18.9 Å². The first kappa shape index (κ1) is 10.2. The van der Waals surface area contributed by atoms with E-state index in [0.29, 0.717) is 0 Å². The maximum Gasteiger partial charge on any atom is 0.100 e. The van der Waals surface area contributed by atoms with Crippen LogP contribution in [0.15, 0.2) is 24.9 Å². The van der Waals surface area contributed by atoms with E-state index in [4.69, 9.17) is 11.6 Å². The molecule has 5 nitrogen and oxygen atoms in total. The van der Waals surface area contributed by atoms with Crippen LogP contribution < -0.4 is 0 Å². The Morgan fingerprint density at radius 2 is 2.33 bits per heavy atom. The summed E-state index contributed by atoms with van der Waals surface area (Å²) in [5, 5.41) is 7.87. The second-order valence-electron chi connectivity index (χ2n) is 3.32. The van der Waals surface area contributed by atoms with Crippen LogP contribution >= 0.6 is 11.6 Å². The molecule has 0 fully saturated rings. The minimum Gasteiger partial charge on any atom is -0.336 e. The largest absolute Gasteiger partial charge is 0.336 e. The third-order valence-electron chi connectivity index (χ3n) is 2.11. The lowest BCUT2D eigenvalue weighted by Gasteiger charge is -2.00. The third kappa shape index (κ3) is 2.56. The molecule has 1 unspecified atom stereocenters. The number of alkyl halides is 1. The van der Waals surface area contributed by atoms with Gasteiger partial charge in [-0.05, 0) is 6.92 Å². The summed E-state index contributed by atoms with van der Waals surface area (Å²) in [6.07, 6.45) is 7.33. The molecule has 6 heteroatoms. The van der Waals surface area contributed by atoms with Gasteiger partial charge in [-0.15, -0.1) is 16.7 Å². The van der Waals surface area contributed by atoms with Crippen LogP contribution in [0.1, 0.15) is 18.0 Å². The summed E-state index contributed by atoms with van der Waals surface area (Å²) in [4.78, 5) is 3.96. The molecule has 0 aliphatic rings. The number of nitrogens with zero attached hydrogens (tertiary/aromatic N) is 5. The predicted molar refractivity (Wildman–Crippen MR) is 56.5 cm³/mol. The summed E-state index contributed by atoms with van der Waals surface area (Å²) in [6, 6.07) is 0. The average Bonchev–Trinajstić information content (AvgIpc) is 2.86. The molecule has 0 aliphatic carbocycles. The van der Waals surface area contributed by atoms with Crippen LogP contribution in [0.4, 0.5) is 0 Å². The van der Waals surface area contributed by atoms with Crippen LogP contribution in [-0.4, -0.2) is 24.5 Å². The molecule has 2 aromatic heterocycles. The van der Waals surface area contributed by atoms with E-state index in [0.717, 1.165) is 18.8 Å². The van der Waals surface area contributed by atoms with Gasteiger partial charge in [0.05, 0.1) is 24.4 Å². The summed E-state index contributed by atoms with van der Waals surface area (Å²) in [5.74, 6) is 0. The predicted octanol–water partition coefficient (Wildman–Crippen LogP) is 1.47. The number of rotatable bonds is 4. The van der Waals surface area contributed by atoms with E-state index in [-0.39, 0.29) is 5.38 Å². The van der Waals surface area contributed by atoms with Crippen LogP contribution in [0.25, 0.3) is 0 Å². The van der Waals surface area contributed by atoms with Crippen LogP contribution in [0.2, 0.25) is 0 Å². The van der Waals surface area contributed by atoms with Gasteiger partial charge in [0.1, 0.15) is 5.69 Å². The standard InChI is InChI=1S/C9H12ClN5/c1-8(10)9-6-15(13-12-9)5-4-14-3-2-11-7-14/h2-3,6-8H,4-5H2,1H3. The highest BCUT2D eigenvalue weighted by Gasteiger charge is 2.05. The van der Waals surface area contributed by atoms with Crippen LogP contribution in [0.5, 0.6) is 0 Å². The topological polar surface area (TPSA) is 48.5 Å². The molecule has 0 aromatic carbocycles. The molecule has 0 spiro atoms. The number of imidazole rings is 1. The van der Waals surface area contributed by atoms with Crippen molar-refractivity contribution in [1.29, 1.82) is 0 Å². The summed E-state index contributed by atoms with van der Waals surface area (Å²) < 4.78 is 3.78. The Labute approximate surface area is 92.7 Å². The van der Waals surface area contributed by atoms with Crippen molar-refractivity contribution in [3.05, 3.63) is 30.6 Å². The summed E-state index contributed by atoms with van der Waals surface area (Å²) in [5.41, 5.74) is 0.808. The second-order valence-corrected chi connectivity index (χ2v) is 3.98. The van der Waals surface area contributed by atoms with Gasteiger partial charge in [0.2, 0.25) is 0 Å². The van der Waals surface area contributed by atoms with Gasteiger partial charge in [-0.1, -0.05) is 5.21 Å². The Balaban J connectivity index is 1.94. The molecule has 2 rings (SSSR count). The van der Waals surface area contributed by atoms with Crippen molar-refractivity contribution in [3.8, 4) is 0 Å². The Kier molecular flexibility index (Phi) is 3.01. The van der Waals surface area contributed by atoms with Gasteiger partial charge >= 0.3 is 0 Å². The van der Waals surface area contributed by atoms with Gasteiger partial charge in [0.25, 0.3) is 0 Å². The van der Waals surface area contributed by atoms with Gasteiger partial charge in [0.15, 0.2) is 0 Å². The van der Waals surface area contributed by atoms with E-state index in [1.54, 1.807) is 17.2 Å². The smallest absolute Gasteiger partial charge is 0.100 e. The first-order chi connectivity index (χ1) is 7.25. The quantitative estimate of drug-likeness (QED) is 0.741. The molecular formula is C9H12ClN5. The minimum absolute atomic E-state index is 0.0907. The molecule has 15 heavy (non-hydrogen) atoms. The highest BCUT2D eigenvalue weighted by Crippen LogP contribution is 2.15. The second kappa shape index (κ2) is 4.44. The molecule has 80 valence electrons. The fraction of sp³-hybridized carbons (Fsp3) is 0.444. The first-order valence-electron chi connectivity index (χ1n) is 4.75. The lowest BCUT2D eigenvalue weighted by molar-refractivity contribution is 0.519. The Bertz CT molecular complexity index is 406. The van der Waals surface area contributed by atoms with Crippen molar-refractivity contribution >= 4 is 11.6 Å². The molecule has 2 aromatic rings. The molecule has 2 heterocycles. The van der Waals surface area contributed by atoms with Gasteiger partial charge in [-0.3, -0.25) is 4.68 Å². The fourth-order valence-corrected chi connectivity index (χ4v) is 1.34. The molecule has 1 atom stereocenters. The van der Waals surface area contributed by atoms with Gasteiger partial charge in [-0.25, -0.2) is 4.98 Å². The number of halogens is 1. The number of aryl methyl sites for hydroxylation is 2. The van der Waals surface area contributed by atoms with Crippen molar-refractivity contribution in [2.45, 2.75) is 25.4 Å². The molecule has 0 radical (unpaired) electrons. The highest BCUT2D eigenvalue weighted by molar-refractivity contribution is 6.20. The summed E-state index contributed by atoms with van der Waals surface area (Å²) in [6.45, 7) is 3.48. The van der Waals surface area contributed by atoms with Crippen molar-refractivity contribution in [1.82, 2.24) is 24.5 Å². The lowest BCUT2D eigenvalue weighted by atomic mass is 10.4. The van der Waals surface area contributed by atoms with Crippen molar-refractivity contribution < 1.29 is 0 Å². The van der Waals surface area contributed by atoms with Gasteiger partial charge < -0.3 is 4.57 Å². The van der Waals surface area contributed by atoms with E-state index >= 15 is 0 Å². The molecule has 0 aliphatic heterocycles. The van der Waals surface area contributed by atoms with E-state index in [1.165, 1.54) is 0 Å². The zero-order valence-corrected chi connectivity index (χ0v) is 9.17. The Morgan fingerprint density at radius 1 is 1.47 bits per heavy atom. The molecule has 0 bridgehead atoms. The first-order valence-corrected chi connectivity index (χ1v) is 5.19. The van der Waals surface area contributed by atoms with E-state index < -0.39 is 0 Å². The van der Waals surface area contributed by atoms with E-state index in [9.17, 15) is 0 Å². The maximum atomic E-state index is 5.89. The zero-order chi connectivity index (χ0) is 10.7. The van der Waals surface area contributed by atoms with Crippen molar-refractivity contribution in [2.24, 2.45) is 0 Å². The maximum absolute atomic E-state index is 5.89. The van der Waals surface area contributed by atoms with Crippen LogP contribution in [-0.2, 0) is 13.1 Å². The molecule has 0 saturated carbocycles. The lowest BCUT2D eigenvalue weighted by Crippen LogP contribution is -2.06. The van der Waals surface area contributed by atoms with Crippen molar-refractivity contribution in [2.75, 3.05) is 0 Å². The van der Waals surface area contributed by atoms with Gasteiger partial charge in [-0.2, -0.15) is 0 Å². The van der Waals surface area contributed by atoms with Crippen LogP contribution in [0.3, 0.4) is 0 Å². The summed E-state index contributed by atoms with van der Waals surface area (Å²) >= 11 is 5.89. The third-order valence-corrected chi connectivity index (χ3v) is 2.33. The molecule has 0 saturated heterocycles. The van der Waals surface area contributed by atoms with Crippen molar-refractivity contribution in [3.63, 3.8) is 0 Å². The summed E-state index contributed by atoms with van der Waals surface area (Å²) in [7, 11) is 0. The average molecular weight is 226 g/mol. The highest BCUT2D eigenvalue weighted by atomic mass is 35.5. The SMILES string of the molecule is CC(Cl)c1cn(CCn2ccnc2)nn1. The zero-order valence-electron chi connectivity index (χ0n) is 8.41. The fourth-order valence-electron chi connectivity index (χ4n) is 1.24.